The number of likely N-dealkylation sites (tertiary alicyclic amines) is 1. The van der Waals surface area contributed by atoms with Crippen molar-refractivity contribution in [2.45, 2.75) is 56.7 Å². The zero-order chi connectivity index (χ0) is 24.2. The maximum absolute atomic E-state index is 12.7. The number of allylic oxidation sites excluding steroid dienone is 1. The zero-order valence-corrected chi connectivity index (χ0v) is 19.9. The molecule has 3 heterocycles. The van der Waals surface area contributed by atoms with Crippen LogP contribution in [-0.4, -0.2) is 64.2 Å². The topological polar surface area (TPSA) is 97.1 Å². The highest BCUT2D eigenvalue weighted by Crippen LogP contribution is 2.40. The van der Waals surface area contributed by atoms with Crippen LogP contribution in [0.15, 0.2) is 30.0 Å². The van der Waals surface area contributed by atoms with E-state index in [0.717, 1.165) is 56.8 Å². The fraction of sp³-hybridized carbons (Fsp3) is 0.500. The third-order valence-electron chi connectivity index (χ3n) is 7.74. The Bertz CT molecular complexity index is 1190. The Balaban J connectivity index is 1.13. The van der Waals surface area contributed by atoms with Crippen molar-refractivity contribution in [1.29, 1.82) is 0 Å². The Hall–Kier alpha value is -3.33. The van der Waals surface area contributed by atoms with Gasteiger partial charge in [-0.05, 0) is 43.5 Å². The molecular weight excluding hydrogens is 448 g/mol. The van der Waals surface area contributed by atoms with E-state index >= 15 is 0 Å². The molecule has 1 amide bonds. The normalized spacial score (nSPS) is 21.6. The predicted molar refractivity (Wildman–Crippen MR) is 128 cm³/mol. The molecule has 9 heteroatoms. The highest BCUT2D eigenvalue weighted by molar-refractivity contribution is 5.92. The summed E-state index contributed by atoms with van der Waals surface area (Å²) in [4.78, 5) is 27.8. The van der Waals surface area contributed by atoms with Crippen molar-refractivity contribution >= 4 is 23.8 Å². The number of hydrogen-bond donors (Lipinski definition) is 1. The number of fused-ring (bicyclic) bond motifs is 1. The number of amides is 1. The third kappa shape index (κ3) is 4.07. The quantitative estimate of drug-likeness (QED) is 0.674. The van der Waals surface area contributed by atoms with Crippen LogP contribution in [0.4, 0.5) is 10.5 Å². The van der Waals surface area contributed by atoms with E-state index in [1.807, 2.05) is 0 Å². The first kappa shape index (κ1) is 22.2. The van der Waals surface area contributed by atoms with Gasteiger partial charge in [0.1, 0.15) is 5.60 Å². The number of aromatic nitrogens is 2. The van der Waals surface area contributed by atoms with Gasteiger partial charge in [-0.3, -0.25) is 14.5 Å². The summed E-state index contributed by atoms with van der Waals surface area (Å²) in [5, 5.41) is 14.1. The molecule has 4 aliphatic rings. The number of piperidine rings is 1. The van der Waals surface area contributed by atoms with E-state index in [0.29, 0.717) is 18.3 Å². The number of aromatic carboxylic acids is 1. The Morgan fingerprint density at radius 3 is 2.60 bits per heavy atom. The Kier molecular flexibility index (Phi) is 5.32. The van der Waals surface area contributed by atoms with Crippen molar-refractivity contribution in [3.05, 3.63) is 52.5 Å². The lowest BCUT2D eigenvalue weighted by Gasteiger charge is -2.37. The first-order chi connectivity index (χ1) is 16.9. The van der Waals surface area contributed by atoms with E-state index in [-0.39, 0.29) is 11.7 Å². The van der Waals surface area contributed by atoms with Crippen LogP contribution in [0.3, 0.4) is 0 Å². The maximum Gasteiger partial charge on any atom is 0.415 e. The fourth-order valence-electron chi connectivity index (χ4n) is 5.51. The Morgan fingerprint density at radius 2 is 1.94 bits per heavy atom. The summed E-state index contributed by atoms with van der Waals surface area (Å²) in [6, 6.07) is 6.89. The molecule has 6 rings (SSSR count). The van der Waals surface area contributed by atoms with Crippen LogP contribution in [-0.2, 0) is 22.4 Å². The molecule has 0 unspecified atom stereocenters. The van der Waals surface area contributed by atoms with Crippen molar-refractivity contribution < 1.29 is 24.2 Å². The summed E-state index contributed by atoms with van der Waals surface area (Å²) >= 11 is 0. The minimum Gasteiger partial charge on any atom is -0.501 e. The summed E-state index contributed by atoms with van der Waals surface area (Å²) in [6.45, 7) is 2.97. The number of methoxy groups -OCH3 is 1. The molecule has 1 N–H and O–H groups in total. The van der Waals surface area contributed by atoms with Crippen molar-refractivity contribution in [3.8, 4) is 0 Å². The predicted octanol–water partition coefficient (Wildman–Crippen LogP) is 3.84. The minimum absolute atomic E-state index is 0.199. The van der Waals surface area contributed by atoms with Crippen molar-refractivity contribution in [3.63, 3.8) is 0 Å². The second kappa shape index (κ2) is 8.41. The largest absolute Gasteiger partial charge is 0.501 e. The number of hydrogen-bond acceptors (Lipinski definition) is 6. The number of ether oxygens (including phenoxy) is 2. The van der Waals surface area contributed by atoms with Gasteiger partial charge in [0, 0.05) is 56.2 Å². The van der Waals surface area contributed by atoms with Crippen LogP contribution in [0.1, 0.15) is 65.5 Å². The summed E-state index contributed by atoms with van der Waals surface area (Å²) in [6.07, 6.45) is 7.59. The Morgan fingerprint density at radius 1 is 1.20 bits per heavy atom. The van der Waals surface area contributed by atoms with Crippen molar-refractivity contribution in [1.82, 2.24) is 14.7 Å². The summed E-state index contributed by atoms with van der Waals surface area (Å²) in [5.41, 5.74) is 4.10. The lowest BCUT2D eigenvalue weighted by molar-refractivity contribution is -0.00133. The van der Waals surface area contributed by atoms with Crippen LogP contribution >= 0.6 is 0 Å². The van der Waals surface area contributed by atoms with E-state index in [9.17, 15) is 9.59 Å². The van der Waals surface area contributed by atoms with E-state index < -0.39 is 11.6 Å². The number of anilines is 1. The molecule has 1 aromatic heterocycles. The molecule has 9 nitrogen and oxygen atoms in total. The summed E-state index contributed by atoms with van der Waals surface area (Å²) in [7, 11) is 1.74. The second-order valence-corrected chi connectivity index (χ2v) is 10.1. The average molecular weight is 479 g/mol. The molecule has 1 saturated carbocycles. The van der Waals surface area contributed by atoms with Crippen LogP contribution in [0.5, 0.6) is 0 Å². The van der Waals surface area contributed by atoms with E-state index in [1.165, 1.54) is 36.2 Å². The smallest absolute Gasteiger partial charge is 0.415 e. The molecule has 0 bridgehead atoms. The van der Waals surface area contributed by atoms with Gasteiger partial charge in [-0.1, -0.05) is 0 Å². The molecule has 2 aliphatic carbocycles. The molecule has 2 aliphatic heterocycles. The van der Waals surface area contributed by atoms with Crippen LogP contribution in [0, 0.1) is 0 Å². The number of carbonyl (C=O) groups is 2. The molecular formula is C26H30N4O5. The van der Waals surface area contributed by atoms with E-state index in [1.54, 1.807) is 24.1 Å². The zero-order valence-electron chi connectivity index (χ0n) is 19.9. The lowest BCUT2D eigenvalue weighted by Crippen LogP contribution is -2.46. The van der Waals surface area contributed by atoms with Crippen LogP contribution < -0.4 is 4.90 Å². The van der Waals surface area contributed by atoms with Gasteiger partial charge in [0.25, 0.3) is 0 Å². The highest BCUT2D eigenvalue weighted by atomic mass is 16.6. The van der Waals surface area contributed by atoms with E-state index in [4.69, 9.17) is 19.7 Å². The molecule has 35 heavy (non-hydrogen) atoms. The number of carboxylic acid groups (broad SMARTS) is 1. The maximum atomic E-state index is 12.7. The van der Waals surface area contributed by atoms with Gasteiger partial charge >= 0.3 is 12.1 Å². The van der Waals surface area contributed by atoms with Gasteiger partial charge in [-0.15, -0.1) is 0 Å². The molecule has 184 valence electrons. The molecule has 2 saturated heterocycles. The number of carboxylic acids is 1. The standard InChI is InChI=1S/C26H30N4O5/c1-34-20-8-9-21-22(27-30(19-6-7-19)23(21)14-20)15-28-12-10-26(11-13-28)16-29(25(33)35-26)18-4-2-17(3-5-18)24(31)32/h2-5,14,19H,6-13,15-16H2,1H3,(H,31,32). The van der Waals surface area contributed by atoms with E-state index in [2.05, 4.69) is 15.7 Å². The lowest BCUT2D eigenvalue weighted by atomic mass is 9.91. The summed E-state index contributed by atoms with van der Waals surface area (Å²) < 4.78 is 13.6. The SMILES string of the molecule is COC1=Cc2c(c(CN3CCC4(CC3)CN(c3ccc(C(=O)O)cc3)C(=O)O4)nn2C2CC2)CC1. The highest BCUT2D eigenvalue weighted by Gasteiger charge is 2.47. The average Bonchev–Trinajstić information content (AvgIpc) is 3.58. The van der Waals surface area contributed by atoms with Gasteiger partial charge in [-0.25, -0.2) is 9.59 Å². The number of carbonyl (C=O) groups excluding carboxylic acids is 1. The van der Waals surface area contributed by atoms with Crippen molar-refractivity contribution in [2.75, 3.05) is 31.6 Å². The van der Waals surface area contributed by atoms with Crippen LogP contribution in [0.25, 0.3) is 6.08 Å². The van der Waals surface area contributed by atoms with Gasteiger partial charge in [0.05, 0.1) is 42.4 Å². The van der Waals surface area contributed by atoms with Gasteiger partial charge in [0.15, 0.2) is 0 Å². The molecule has 2 aromatic rings. The number of rotatable bonds is 6. The molecule has 1 spiro atoms. The first-order valence-corrected chi connectivity index (χ1v) is 12.4. The molecule has 0 atom stereocenters. The first-order valence-electron chi connectivity index (χ1n) is 12.4. The molecule has 3 fully saturated rings. The second-order valence-electron chi connectivity index (χ2n) is 10.1. The third-order valence-corrected chi connectivity index (χ3v) is 7.74. The number of nitrogens with zero attached hydrogens (tertiary/aromatic N) is 4. The van der Waals surface area contributed by atoms with Gasteiger partial charge in [-0.2, -0.15) is 5.10 Å². The van der Waals surface area contributed by atoms with Gasteiger partial charge in [0.2, 0.25) is 0 Å². The van der Waals surface area contributed by atoms with Gasteiger partial charge < -0.3 is 14.6 Å². The number of benzene rings is 1. The molecule has 1 aromatic carbocycles. The fourth-order valence-corrected chi connectivity index (χ4v) is 5.51. The minimum atomic E-state index is -0.984. The Labute approximate surface area is 203 Å². The molecule has 0 radical (unpaired) electrons. The summed E-state index contributed by atoms with van der Waals surface area (Å²) in [5.74, 6) is 0.0405. The van der Waals surface area contributed by atoms with Crippen molar-refractivity contribution in [2.24, 2.45) is 0 Å². The van der Waals surface area contributed by atoms with Crippen LogP contribution in [0.2, 0.25) is 0 Å². The monoisotopic (exact) mass is 478 g/mol.